The van der Waals surface area contributed by atoms with E-state index in [1.54, 1.807) is 44.2 Å². The predicted octanol–water partition coefficient (Wildman–Crippen LogP) is 8.51. The lowest BCUT2D eigenvalue weighted by atomic mass is 10.0. The van der Waals surface area contributed by atoms with Crippen LogP contribution in [0.15, 0.2) is 91.0 Å². The van der Waals surface area contributed by atoms with E-state index in [4.69, 9.17) is 30.5 Å². The van der Waals surface area contributed by atoms with Crippen molar-refractivity contribution >= 4 is 45.1 Å². The highest BCUT2D eigenvalue weighted by molar-refractivity contribution is 6.31. The minimum absolute atomic E-state index is 0.134. The van der Waals surface area contributed by atoms with Gasteiger partial charge in [-0.1, -0.05) is 71.3 Å². The van der Waals surface area contributed by atoms with E-state index in [0.29, 0.717) is 27.6 Å². The summed E-state index contributed by atoms with van der Waals surface area (Å²) in [4.78, 5) is 25.3. The van der Waals surface area contributed by atoms with Crippen LogP contribution in [0.4, 0.5) is 0 Å². The first-order valence-corrected chi connectivity index (χ1v) is 14.5. The minimum atomic E-state index is -0.512. The lowest BCUT2D eigenvalue weighted by Crippen LogP contribution is -2.22. The van der Waals surface area contributed by atoms with Crippen molar-refractivity contribution in [2.24, 2.45) is 0 Å². The molecule has 0 radical (unpaired) electrons. The van der Waals surface area contributed by atoms with Gasteiger partial charge in [0.1, 0.15) is 36.9 Å². The molecule has 5 rings (SSSR count). The normalized spacial score (nSPS) is 12.5. The second kappa shape index (κ2) is 13.2. The molecule has 0 saturated heterocycles. The zero-order chi connectivity index (χ0) is 30.5. The molecule has 0 saturated carbocycles. The fraction of sp³-hybridized carbons (Fsp3) is 0.222. The van der Waals surface area contributed by atoms with E-state index in [1.165, 1.54) is 0 Å². The van der Waals surface area contributed by atoms with E-state index in [2.05, 4.69) is 0 Å². The first-order chi connectivity index (χ1) is 20.7. The van der Waals surface area contributed by atoms with Crippen LogP contribution in [0.3, 0.4) is 0 Å². The van der Waals surface area contributed by atoms with E-state index < -0.39 is 24.1 Å². The van der Waals surface area contributed by atoms with Gasteiger partial charge in [-0.2, -0.15) is 0 Å². The van der Waals surface area contributed by atoms with Crippen molar-refractivity contribution in [2.45, 2.75) is 39.9 Å². The number of aryl methyl sites for hydroxylation is 2. The number of carbonyl (C=O) groups is 2. The Morgan fingerprint density at radius 3 is 1.49 bits per heavy atom. The lowest BCUT2D eigenvalue weighted by Gasteiger charge is -2.21. The van der Waals surface area contributed by atoms with Crippen LogP contribution in [0.5, 0.6) is 11.5 Å². The van der Waals surface area contributed by atoms with Crippen molar-refractivity contribution in [3.05, 3.63) is 118 Å². The van der Waals surface area contributed by atoms with Crippen LogP contribution in [0.2, 0.25) is 5.02 Å². The maximum Gasteiger partial charge on any atom is 0.338 e. The van der Waals surface area contributed by atoms with Crippen molar-refractivity contribution in [1.29, 1.82) is 0 Å². The lowest BCUT2D eigenvalue weighted by molar-refractivity contribution is 0.0221. The first kappa shape index (κ1) is 29.9. The molecule has 0 heterocycles. The van der Waals surface area contributed by atoms with Gasteiger partial charge in [-0.05, 0) is 70.2 Å². The molecule has 43 heavy (non-hydrogen) atoms. The molecule has 7 heteroatoms. The number of hydrogen-bond donors (Lipinski definition) is 0. The average molecular weight is 597 g/mol. The van der Waals surface area contributed by atoms with Crippen LogP contribution in [-0.2, 0) is 9.47 Å². The number of esters is 2. The van der Waals surface area contributed by atoms with Crippen LogP contribution in [0.1, 0.15) is 45.7 Å². The molecule has 0 aliphatic carbocycles. The number of fused-ring (bicyclic) bond motifs is 2. The summed E-state index contributed by atoms with van der Waals surface area (Å²) in [6, 6.07) is 27.7. The second-order valence-corrected chi connectivity index (χ2v) is 11.1. The zero-order valence-corrected chi connectivity index (χ0v) is 25.3. The zero-order valence-electron chi connectivity index (χ0n) is 24.6. The van der Waals surface area contributed by atoms with Gasteiger partial charge in [0.15, 0.2) is 0 Å². The summed E-state index contributed by atoms with van der Waals surface area (Å²) >= 11 is 6.43. The van der Waals surface area contributed by atoms with E-state index in [1.807, 2.05) is 74.5 Å². The van der Waals surface area contributed by atoms with Crippen molar-refractivity contribution in [2.75, 3.05) is 13.2 Å². The van der Waals surface area contributed by atoms with Crippen LogP contribution in [0, 0.1) is 13.8 Å². The summed E-state index contributed by atoms with van der Waals surface area (Å²) in [5.74, 6) is 0.428. The number of carbonyl (C=O) groups excluding carboxylic acids is 2. The number of ether oxygens (including phenoxy) is 4. The van der Waals surface area contributed by atoms with Crippen molar-refractivity contribution in [1.82, 2.24) is 0 Å². The monoisotopic (exact) mass is 596 g/mol. The molecule has 2 unspecified atom stereocenters. The third-order valence-electron chi connectivity index (χ3n) is 7.00. The third kappa shape index (κ3) is 7.09. The van der Waals surface area contributed by atoms with Gasteiger partial charge < -0.3 is 18.9 Å². The summed E-state index contributed by atoms with van der Waals surface area (Å²) in [6.07, 6.45) is -1.02. The maximum absolute atomic E-state index is 12.6. The molecule has 0 aliphatic rings. The van der Waals surface area contributed by atoms with Crippen LogP contribution >= 0.6 is 11.6 Å². The largest absolute Gasteiger partial charge is 0.488 e. The Morgan fingerprint density at radius 2 is 1.02 bits per heavy atom. The molecule has 0 bridgehead atoms. The summed E-state index contributed by atoms with van der Waals surface area (Å²) < 4.78 is 24.0. The Hall–Kier alpha value is -4.55. The van der Waals surface area contributed by atoms with E-state index >= 15 is 0 Å². The number of benzene rings is 5. The Kier molecular flexibility index (Phi) is 9.17. The minimum Gasteiger partial charge on any atom is -0.488 e. The van der Waals surface area contributed by atoms with Gasteiger partial charge >= 0.3 is 11.9 Å². The number of rotatable bonds is 10. The third-order valence-corrected chi connectivity index (χ3v) is 7.24. The van der Waals surface area contributed by atoms with Gasteiger partial charge in [0.2, 0.25) is 0 Å². The Labute approximate surface area is 256 Å². The van der Waals surface area contributed by atoms with Crippen molar-refractivity contribution in [3.8, 4) is 11.5 Å². The molecule has 0 spiro atoms. The predicted molar refractivity (Wildman–Crippen MR) is 170 cm³/mol. The van der Waals surface area contributed by atoms with Crippen LogP contribution in [-0.4, -0.2) is 37.4 Å². The van der Waals surface area contributed by atoms with Crippen LogP contribution < -0.4 is 9.47 Å². The molecule has 220 valence electrons. The van der Waals surface area contributed by atoms with E-state index in [0.717, 1.165) is 32.7 Å². The molecule has 0 aromatic heterocycles. The Bertz CT molecular complexity index is 1760. The highest BCUT2D eigenvalue weighted by Gasteiger charge is 2.20. The second-order valence-electron chi connectivity index (χ2n) is 10.7. The van der Waals surface area contributed by atoms with Crippen LogP contribution in [0.25, 0.3) is 21.5 Å². The van der Waals surface area contributed by atoms with Gasteiger partial charge in [-0.3, -0.25) is 0 Å². The highest BCUT2D eigenvalue weighted by Crippen LogP contribution is 2.43. The Balaban J connectivity index is 1.37. The van der Waals surface area contributed by atoms with E-state index in [-0.39, 0.29) is 13.2 Å². The average Bonchev–Trinajstić information content (AvgIpc) is 2.99. The van der Waals surface area contributed by atoms with Gasteiger partial charge in [0.25, 0.3) is 0 Å². The highest BCUT2D eigenvalue weighted by atomic mass is 35.5. The molecule has 0 fully saturated rings. The fourth-order valence-electron chi connectivity index (χ4n) is 4.73. The molecular formula is C36H33ClO6. The molecule has 0 aliphatic heterocycles. The number of halogens is 1. The standard InChI is InChI=1S/C36H33ClO6/c1-22-9-13-26(14-10-22)35(38)42-24(3)20-40-33-29-7-5-6-8-30(29)34(32-19-28(37)17-18-31(32)33)41-21-25(4)43-36(39)27-15-11-23(2)12-16-27/h5-19,24-25H,20-21H2,1-4H3. The summed E-state index contributed by atoms with van der Waals surface area (Å²) in [5, 5.41) is 3.72. The van der Waals surface area contributed by atoms with Crippen molar-refractivity contribution in [3.63, 3.8) is 0 Å². The Morgan fingerprint density at radius 1 is 0.605 bits per heavy atom. The quantitative estimate of drug-likeness (QED) is 0.119. The fourth-order valence-corrected chi connectivity index (χ4v) is 4.90. The molecule has 2 atom stereocenters. The first-order valence-electron chi connectivity index (χ1n) is 14.1. The SMILES string of the molecule is Cc1ccc(C(=O)OC(C)COc2c3ccccc3c(OCC(C)OC(=O)c3ccc(C)cc3)c3cc(Cl)ccc23)cc1. The number of hydrogen-bond acceptors (Lipinski definition) is 6. The maximum atomic E-state index is 12.6. The molecule has 6 nitrogen and oxygen atoms in total. The summed E-state index contributed by atoms with van der Waals surface area (Å²) in [7, 11) is 0. The smallest absolute Gasteiger partial charge is 0.338 e. The van der Waals surface area contributed by atoms with Gasteiger partial charge in [-0.15, -0.1) is 0 Å². The molecule has 5 aromatic rings. The van der Waals surface area contributed by atoms with E-state index in [9.17, 15) is 9.59 Å². The topological polar surface area (TPSA) is 71.1 Å². The molecule has 0 N–H and O–H groups in total. The molecular weight excluding hydrogens is 564 g/mol. The van der Waals surface area contributed by atoms with Gasteiger partial charge in [0.05, 0.1) is 11.1 Å². The summed E-state index contributed by atoms with van der Waals surface area (Å²) in [6.45, 7) is 7.79. The van der Waals surface area contributed by atoms with Gasteiger partial charge in [-0.25, -0.2) is 9.59 Å². The van der Waals surface area contributed by atoms with Gasteiger partial charge in [0, 0.05) is 26.6 Å². The molecule has 5 aromatic carbocycles. The molecule has 0 amide bonds. The van der Waals surface area contributed by atoms with Crippen molar-refractivity contribution < 1.29 is 28.5 Å². The summed E-state index contributed by atoms with van der Waals surface area (Å²) in [5.41, 5.74) is 3.11.